The lowest BCUT2D eigenvalue weighted by atomic mass is 10.2. The summed E-state index contributed by atoms with van der Waals surface area (Å²) in [5, 5.41) is 3.19. The first-order valence-corrected chi connectivity index (χ1v) is 14.8. The molecule has 13 heteroatoms. The first-order valence-electron chi connectivity index (χ1n) is 13.4. The highest BCUT2D eigenvalue weighted by molar-refractivity contribution is 7.90. The number of benzene rings is 2. The Balaban J connectivity index is 1.38. The van der Waals surface area contributed by atoms with Crippen LogP contribution >= 0.6 is 0 Å². The second-order valence-electron chi connectivity index (χ2n) is 9.90. The summed E-state index contributed by atoms with van der Waals surface area (Å²) in [6.07, 6.45) is 6.97. The quantitative estimate of drug-likeness (QED) is 0.262. The molecular formula is C29H31N7O5S. The van der Waals surface area contributed by atoms with E-state index in [1.54, 1.807) is 68.8 Å². The minimum atomic E-state index is -3.86. The van der Waals surface area contributed by atoms with Crippen LogP contribution in [0.3, 0.4) is 0 Å². The molecule has 0 atom stereocenters. The molecule has 6 rings (SSSR count). The van der Waals surface area contributed by atoms with E-state index in [0.717, 1.165) is 37.2 Å². The molecule has 0 spiro atoms. The van der Waals surface area contributed by atoms with Gasteiger partial charge in [-0.05, 0) is 38.0 Å². The van der Waals surface area contributed by atoms with Crippen LogP contribution in [0.2, 0.25) is 0 Å². The van der Waals surface area contributed by atoms with Crippen molar-refractivity contribution in [1.82, 2.24) is 23.5 Å². The molecule has 0 unspecified atom stereocenters. The minimum Gasteiger partial charge on any atom is -0.493 e. The number of fused-ring (bicyclic) bond motifs is 1. The zero-order valence-electron chi connectivity index (χ0n) is 23.7. The Kier molecular flexibility index (Phi) is 7.11. The van der Waals surface area contributed by atoms with Gasteiger partial charge in [0.15, 0.2) is 23.1 Å². The summed E-state index contributed by atoms with van der Waals surface area (Å²) in [7, 11) is 0.816. The van der Waals surface area contributed by atoms with Gasteiger partial charge in [0.2, 0.25) is 11.7 Å². The van der Waals surface area contributed by atoms with Gasteiger partial charge in [0.25, 0.3) is 10.0 Å². The van der Waals surface area contributed by atoms with Crippen LogP contribution < -0.4 is 24.4 Å². The Morgan fingerprint density at radius 2 is 1.60 bits per heavy atom. The minimum absolute atomic E-state index is 0.206. The van der Waals surface area contributed by atoms with Crippen LogP contribution in [0.4, 0.5) is 17.6 Å². The lowest BCUT2D eigenvalue weighted by molar-refractivity contribution is 0.324. The molecule has 3 aromatic heterocycles. The first kappa shape index (κ1) is 27.4. The number of hydrogen-bond acceptors (Lipinski definition) is 10. The van der Waals surface area contributed by atoms with E-state index in [2.05, 4.69) is 20.2 Å². The topological polar surface area (TPSA) is 126 Å². The number of nitrogens with zero attached hydrogens (tertiary/aromatic N) is 6. The maximum Gasteiger partial charge on any atom is 0.268 e. The summed E-state index contributed by atoms with van der Waals surface area (Å²) in [4.78, 5) is 16.3. The Labute approximate surface area is 243 Å². The average molecular weight is 590 g/mol. The number of hydrogen-bond donors (Lipinski definition) is 1. The molecule has 1 aliphatic heterocycles. The van der Waals surface area contributed by atoms with Gasteiger partial charge in [-0.2, -0.15) is 4.98 Å². The van der Waals surface area contributed by atoms with Gasteiger partial charge in [0, 0.05) is 31.4 Å². The molecular weight excluding hydrogens is 558 g/mol. The Hall–Kier alpha value is -4.78. The van der Waals surface area contributed by atoms with E-state index >= 15 is 0 Å². The highest BCUT2D eigenvalue weighted by Gasteiger charge is 2.26. The number of aromatic nitrogens is 5. The van der Waals surface area contributed by atoms with Crippen LogP contribution in [0.1, 0.15) is 18.4 Å². The van der Waals surface area contributed by atoms with Crippen LogP contribution in [0.25, 0.3) is 16.7 Å². The van der Waals surface area contributed by atoms with Crippen LogP contribution in [0, 0.1) is 6.92 Å². The molecule has 5 aromatic rings. The van der Waals surface area contributed by atoms with Crippen LogP contribution in [-0.4, -0.2) is 66.3 Å². The fourth-order valence-electron chi connectivity index (χ4n) is 5.09. The third-order valence-corrected chi connectivity index (χ3v) is 8.92. The number of nitrogens with one attached hydrogen (secondary N) is 1. The fourth-order valence-corrected chi connectivity index (χ4v) is 6.43. The third kappa shape index (κ3) is 4.85. The Bertz CT molecular complexity index is 1830. The first-order chi connectivity index (χ1) is 20.3. The molecule has 0 saturated carbocycles. The van der Waals surface area contributed by atoms with E-state index < -0.39 is 10.0 Å². The van der Waals surface area contributed by atoms with Crippen molar-refractivity contribution in [3.63, 3.8) is 0 Å². The second kappa shape index (κ2) is 10.9. The summed E-state index contributed by atoms with van der Waals surface area (Å²) >= 11 is 0. The normalized spacial score (nSPS) is 13.5. The van der Waals surface area contributed by atoms with E-state index in [-0.39, 0.29) is 4.90 Å². The van der Waals surface area contributed by atoms with Gasteiger partial charge in [-0.3, -0.25) is 0 Å². The van der Waals surface area contributed by atoms with E-state index in [1.807, 2.05) is 19.1 Å². The lowest BCUT2D eigenvalue weighted by Crippen LogP contribution is -2.22. The standard InChI is InChI=1S/C29H31N7O5S/c1-19-7-9-21(10-8-19)42(37,38)36-14-11-22-26(36)28(34-12-5-6-13-34)33-29(31-22)32-25-17-35(18-30-25)20-15-23(39-2)27(41-4)24(16-20)40-3/h7-11,14-18H,5-6,12-13H2,1-4H3,(H,31,32,33). The highest BCUT2D eigenvalue weighted by Crippen LogP contribution is 2.39. The maximum atomic E-state index is 13.7. The molecule has 42 heavy (non-hydrogen) atoms. The summed E-state index contributed by atoms with van der Waals surface area (Å²) in [6.45, 7) is 3.47. The molecule has 0 amide bonds. The van der Waals surface area contributed by atoms with Crippen molar-refractivity contribution in [3.05, 3.63) is 66.7 Å². The number of methoxy groups -OCH3 is 3. The predicted molar refractivity (Wildman–Crippen MR) is 159 cm³/mol. The number of rotatable bonds is 9. The summed E-state index contributed by atoms with van der Waals surface area (Å²) in [5.74, 6) is 2.90. The summed E-state index contributed by atoms with van der Waals surface area (Å²) in [6, 6.07) is 12.1. The van der Waals surface area contributed by atoms with Crippen molar-refractivity contribution in [2.75, 3.05) is 44.6 Å². The third-order valence-electron chi connectivity index (χ3n) is 7.23. The molecule has 0 radical (unpaired) electrons. The van der Waals surface area contributed by atoms with Gasteiger partial charge in [-0.1, -0.05) is 17.7 Å². The van der Waals surface area contributed by atoms with Gasteiger partial charge in [-0.15, -0.1) is 0 Å². The number of aryl methyl sites for hydroxylation is 1. The van der Waals surface area contributed by atoms with Crippen molar-refractivity contribution in [1.29, 1.82) is 0 Å². The zero-order chi connectivity index (χ0) is 29.4. The van der Waals surface area contributed by atoms with Gasteiger partial charge in [0.05, 0.1) is 43.6 Å². The number of ether oxygens (including phenoxy) is 3. The maximum absolute atomic E-state index is 13.7. The van der Waals surface area contributed by atoms with E-state index in [9.17, 15) is 8.42 Å². The van der Waals surface area contributed by atoms with Crippen LogP contribution in [0.15, 0.2) is 66.1 Å². The van der Waals surface area contributed by atoms with E-state index in [0.29, 0.717) is 45.9 Å². The fraction of sp³-hybridized carbons (Fsp3) is 0.276. The number of anilines is 3. The molecule has 2 aromatic carbocycles. The molecule has 12 nitrogen and oxygen atoms in total. The van der Waals surface area contributed by atoms with Crippen LogP contribution in [0.5, 0.6) is 17.2 Å². The van der Waals surface area contributed by atoms with Crippen LogP contribution in [-0.2, 0) is 10.0 Å². The smallest absolute Gasteiger partial charge is 0.268 e. The highest BCUT2D eigenvalue weighted by atomic mass is 32.2. The molecule has 0 bridgehead atoms. The monoisotopic (exact) mass is 589 g/mol. The second-order valence-corrected chi connectivity index (χ2v) is 11.7. The summed E-state index contributed by atoms with van der Waals surface area (Å²) in [5.41, 5.74) is 2.69. The van der Waals surface area contributed by atoms with Crippen molar-refractivity contribution < 1.29 is 22.6 Å². The molecule has 1 aliphatic rings. The zero-order valence-corrected chi connectivity index (χ0v) is 24.6. The lowest BCUT2D eigenvalue weighted by Gasteiger charge is -2.20. The predicted octanol–water partition coefficient (Wildman–Crippen LogP) is 4.53. The number of imidazole rings is 1. The van der Waals surface area contributed by atoms with Gasteiger partial charge >= 0.3 is 0 Å². The van der Waals surface area contributed by atoms with Gasteiger partial charge < -0.3 is 29.0 Å². The van der Waals surface area contributed by atoms with Crippen molar-refractivity contribution in [3.8, 4) is 22.9 Å². The van der Waals surface area contributed by atoms with Crippen molar-refractivity contribution in [2.24, 2.45) is 0 Å². The molecule has 1 saturated heterocycles. The van der Waals surface area contributed by atoms with Crippen molar-refractivity contribution >= 4 is 38.6 Å². The summed E-state index contributed by atoms with van der Waals surface area (Å²) < 4.78 is 46.8. The Morgan fingerprint density at radius 3 is 2.24 bits per heavy atom. The molecule has 1 fully saturated rings. The molecule has 218 valence electrons. The van der Waals surface area contributed by atoms with E-state index in [1.165, 1.54) is 10.2 Å². The van der Waals surface area contributed by atoms with Gasteiger partial charge in [-0.25, -0.2) is 22.4 Å². The SMILES string of the molecule is COc1cc(-n2cnc(Nc3nc(N4CCCC4)c4c(ccn4S(=O)(=O)c4ccc(C)cc4)n3)c2)cc(OC)c1OC. The van der Waals surface area contributed by atoms with Gasteiger partial charge in [0.1, 0.15) is 11.8 Å². The molecule has 1 N–H and O–H groups in total. The van der Waals surface area contributed by atoms with E-state index in [4.69, 9.17) is 19.2 Å². The molecule has 4 heterocycles. The average Bonchev–Trinajstić information content (AvgIpc) is 3.78. The largest absolute Gasteiger partial charge is 0.493 e. The van der Waals surface area contributed by atoms with Crippen molar-refractivity contribution in [2.45, 2.75) is 24.7 Å². The Morgan fingerprint density at radius 1 is 0.905 bits per heavy atom. The molecule has 0 aliphatic carbocycles.